The highest BCUT2D eigenvalue weighted by molar-refractivity contribution is 5.66. The summed E-state index contributed by atoms with van der Waals surface area (Å²) in [7, 11) is 0. The third kappa shape index (κ3) is 3.12. The molecule has 0 bridgehead atoms. The van der Waals surface area contributed by atoms with Crippen molar-refractivity contribution in [3.8, 4) is 0 Å². The third-order valence-electron chi connectivity index (χ3n) is 14.2. The summed E-state index contributed by atoms with van der Waals surface area (Å²) in [6.45, 7) is 19.9. The Bertz CT molecular complexity index is 1030. The maximum atomic E-state index is 11.9. The van der Waals surface area contributed by atoms with Gasteiger partial charge in [0.15, 0.2) is 0 Å². The molecule has 4 saturated carbocycles. The average Bonchev–Trinajstić information content (AvgIpc) is 3.57. The summed E-state index contributed by atoms with van der Waals surface area (Å²) in [6.07, 6.45) is 12.3. The van der Waals surface area contributed by atoms with Crippen LogP contribution in [0.3, 0.4) is 0 Å². The quantitative estimate of drug-likeness (QED) is 0.247. The average molecular weight is 512 g/mol. The van der Waals surface area contributed by atoms with E-state index >= 15 is 0 Å². The Morgan fingerprint density at radius 3 is 2.24 bits per heavy atom. The molecule has 0 aromatic carbocycles. The van der Waals surface area contributed by atoms with Crippen LogP contribution >= 0.6 is 0 Å². The molecule has 5 fully saturated rings. The summed E-state index contributed by atoms with van der Waals surface area (Å²) in [5, 5.41) is 0. The maximum Gasteiger partial charge on any atom is 0.302 e. The Kier molecular flexibility index (Phi) is 5.60. The van der Waals surface area contributed by atoms with Crippen LogP contribution in [-0.2, 0) is 14.3 Å². The van der Waals surface area contributed by atoms with Crippen molar-refractivity contribution < 1.29 is 14.3 Å². The fourth-order valence-electron chi connectivity index (χ4n) is 12.1. The molecule has 4 heteroatoms. The van der Waals surface area contributed by atoms with Gasteiger partial charge in [-0.3, -0.25) is 4.79 Å². The highest BCUT2D eigenvalue weighted by atomic mass is 16.6. The SMILES string of the molecule is CC(=O)O[C@H]1CC[C@@]2(C)C(CC[C@]3(C)[C@@H]2CC[C@]2(N)C4=C(C(C)C)CC[C@]4(C4CO4)CC[C@]23C)C1(C)C. The van der Waals surface area contributed by atoms with Gasteiger partial charge in [-0.1, -0.05) is 54.0 Å². The number of hydrogen-bond acceptors (Lipinski definition) is 4. The topological polar surface area (TPSA) is 64.8 Å². The summed E-state index contributed by atoms with van der Waals surface area (Å²) in [5.41, 5.74) is 11.8. The predicted molar refractivity (Wildman–Crippen MR) is 148 cm³/mol. The van der Waals surface area contributed by atoms with Crippen molar-refractivity contribution in [2.75, 3.05) is 6.61 Å². The van der Waals surface area contributed by atoms with E-state index in [1.54, 1.807) is 18.1 Å². The first-order valence-electron chi connectivity index (χ1n) is 15.5. The first-order valence-corrected chi connectivity index (χ1v) is 15.5. The summed E-state index contributed by atoms with van der Waals surface area (Å²) >= 11 is 0. The van der Waals surface area contributed by atoms with Crippen molar-refractivity contribution in [3.63, 3.8) is 0 Å². The van der Waals surface area contributed by atoms with Crippen LogP contribution in [0.15, 0.2) is 11.1 Å². The van der Waals surface area contributed by atoms with Gasteiger partial charge in [-0.05, 0) is 104 Å². The Morgan fingerprint density at radius 2 is 1.62 bits per heavy atom. The molecule has 2 N–H and O–H groups in total. The number of ether oxygens (including phenoxy) is 2. The molecule has 5 aliphatic carbocycles. The van der Waals surface area contributed by atoms with Gasteiger partial charge < -0.3 is 15.2 Å². The fourth-order valence-corrected chi connectivity index (χ4v) is 12.1. The van der Waals surface area contributed by atoms with Crippen LogP contribution in [-0.4, -0.2) is 30.3 Å². The number of hydrogen-bond donors (Lipinski definition) is 1. The zero-order valence-corrected chi connectivity index (χ0v) is 25.0. The van der Waals surface area contributed by atoms with Crippen LogP contribution in [0.4, 0.5) is 0 Å². The monoisotopic (exact) mass is 511 g/mol. The van der Waals surface area contributed by atoms with Crippen molar-refractivity contribution in [2.45, 2.75) is 137 Å². The first-order chi connectivity index (χ1) is 17.2. The third-order valence-corrected chi connectivity index (χ3v) is 14.2. The van der Waals surface area contributed by atoms with Crippen molar-refractivity contribution in [3.05, 3.63) is 11.1 Å². The molecule has 9 atom stereocenters. The van der Waals surface area contributed by atoms with Gasteiger partial charge in [0.25, 0.3) is 0 Å². The van der Waals surface area contributed by atoms with E-state index in [4.69, 9.17) is 15.2 Å². The van der Waals surface area contributed by atoms with Gasteiger partial charge in [0, 0.05) is 23.3 Å². The Morgan fingerprint density at radius 1 is 0.946 bits per heavy atom. The second-order valence-corrected chi connectivity index (χ2v) is 15.9. The zero-order chi connectivity index (χ0) is 26.8. The molecule has 0 aromatic rings. The predicted octanol–water partition coefficient (Wildman–Crippen LogP) is 7.20. The minimum absolute atomic E-state index is 0.00196. The summed E-state index contributed by atoms with van der Waals surface area (Å²) in [4.78, 5) is 11.9. The van der Waals surface area contributed by atoms with Crippen molar-refractivity contribution >= 4 is 5.97 Å². The second kappa shape index (κ2) is 7.87. The van der Waals surface area contributed by atoms with Crippen molar-refractivity contribution in [1.82, 2.24) is 0 Å². The number of esters is 1. The molecule has 1 heterocycles. The van der Waals surface area contributed by atoms with Crippen LogP contribution in [0.5, 0.6) is 0 Å². The van der Waals surface area contributed by atoms with Crippen LogP contribution < -0.4 is 5.73 Å². The Labute approximate surface area is 225 Å². The van der Waals surface area contributed by atoms with Gasteiger partial charge in [-0.15, -0.1) is 0 Å². The van der Waals surface area contributed by atoms with Crippen LogP contribution in [0.25, 0.3) is 0 Å². The van der Waals surface area contributed by atoms with E-state index in [0.29, 0.717) is 23.9 Å². The first kappa shape index (κ1) is 26.4. The van der Waals surface area contributed by atoms with Crippen LogP contribution in [0, 0.1) is 44.8 Å². The molecule has 1 aliphatic heterocycles. The molecule has 6 aliphatic rings. The Balaban J connectivity index is 1.42. The number of nitrogens with two attached hydrogens (primary N) is 1. The molecule has 0 radical (unpaired) electrons. The van der Waals surface area contributed by atoms with E-state index < -0.39 is 0 Å². The Hall–Kier alpha value is -0.870. The van der Waals surface area contributed by atoms with Gasteiger partial charge in [-0.2, -0.15) is 0 Å². The largest absolute Gasteiger partial charge is 0.462 e. The zero-order valence-electron chi connectivity index (χ0n) is 25.0. The molecular formula is C33H53NO3. The van der Waals surface area contributed by atoms with Gasteiger partial charge >= 0.3 is 5.97 Å². The van der Waals surface area contributed by atoms with Crippen LogP contribution in [0.1, 0.15) is 120 Å². The normalized spacial score (nSPS) is 52.2. The van der Waals surface area contributed by atoms with E-state index in [1.165, 1.54) is 44.9 Å². The molecule has 0 aromatic heterocycles. The lowest BCUT2D eigenvalue weighted by molar-refractivity contribution is -0.236. The van der Waals surface area contributed by atoms with Gasteiger partial charge in [0.1, 0.15) is 6.10 Å². The van der Waals surface area contributed by atoms with E-state index in [2.05, 4.69) is 48.5 Å². The standard InChI is InChI=1S/C33H53NO3/c1-20(2)22-9-15-32(26-19-36-26)18-17-31(8)30(7)14-10-23-28(4,5)25(37-21(3)35)12-13-29(23,6)24(30)11-16-33(31,34)27(22)32/h20,23-26H,9-19,34H2,1-8H3/t23?,24-,25+,26?,29+,30-,31+,32-,33+/m1/s1. The molecule has 0 amide bonds. The fraction of sp³-hybridized carbons (Fsp3) is 0.909. The lowest BCUT2D eigenvalue weighted by atomic mass is 9.31. The van der Waals surface area contributed by atoms with Crippen molar-refractivity contribution in [2.24, 2.45) is 50.6 Å². The number of carbonyl (C=O) groups excluding carboxylic acids is 1. The molecule has 0 spiro atoms. The summed E-state index contributed by atoms with van der Waals surface area (Å²) in [5.74, 6) is 1.67. The molecule has 208 valence electrons. The van der Waals surface area contributed by atoms with Crippen molar-refractivity contribution in [1.29, 1.82) is 0 Å². The van der Waals surface area contributed by atoms with E-state index in [1.807, 2.05) is 0 Å². The molecule has 6 rings (SSSR count). The lowest BCUT2D eigenvalue weighted by Crippen LogP contribution is -2.74. The number of carbonyl (C=O) groups is 1. The minimum Gasteiger partial charge on any atom is -0.462 e. The second-order valence-electron chi connectivity index (χ2n) is 15.9. The van der Waals surface area contributed by atoms with Crippen LogP contribution in [0.2, 0.25) is 0 Å². The highest BCUT2D eigenvalue weighted by Gasteiger charge is 2.74. The van der Waals surface area contributed by atoms with Gasteiger partial charge in [0.05, 0.1) is 12.7 Å². The molecule has 1 saturated heterocycles. The summed E-state index contributed by atoms with van der Waals surface area (Å²) in [6, 6.07) is 0. The van der Waals surface area contributed by atoms with Gasteiger partial charge in [0.2, 0.25) is 0 Å². The smallest absolute Gasteiger partial charge is 0.302 e. The molecule has 4 nitrogen and oxygen atoms in total. The van der Waals surface area contributed by atoms with E-state index in [-0.39, 0.29) is 44.7 Å². The lowest BCUT2D eigenvalue weighted by Gasteiger charge is -2.74. The number of rotatable bonds is 3. The minimum atomic E-state index is -0.230. The molecule has 37 heavy (non-hydrogen) atoms. The number of allylic oxidation sites excluding steroid dienone is 1. The highest BCUT2D eigenvalue weighted by Crippen LogP contribution is 2.78. The van der Waals surface area contributed by atoms with E-state index in [0.717, 1.165) is 25.9 Å². The maximum absolute atomic E-state index is 11.9. The van der Waals surface area contributed by atoms with E-state index in [9.17, 15) is 4.79 Å². The number of epoxide rings is 1. The summed E-state index contributed by atoms with van der Waals surface area (Å²) < 4.78 is 12.0. The molecular weight excluding hydrogens is 458 g/mol. The molecule has 2 unspecified atom stereocenters. The number of fused-ring (bicyclic) bond motifs is 7. The van der Waals surface area contributed by atoms with Gasteiger partial charge in [-0.25, -0.2) is 0 Å².